The summed E-state index contributed by atoms with van der Waals surface area (Å²) in [7, 11) is -13.7. The molecule has 8 bridgehead atoms. The number of hydrogen-bond donors (Lipinski definition) is 10. The number of nitrogens with one attached hydrogen (secondary N) is 6. The van der Waals surface area contributed by atoms with Crippen LogP contribution in [0, 0.1) is 0 Å². The topological polar surface area (TPSA) is 351 Å². The van der Waals surface area contributed by atoms with Crippen LogP contribution in [0.4, 0.5) is 22.7 Å². The SMILES string of the molecule is CCOP(=O)(Nc1ccc(C[NH2+]CCCCCOc2ccc(-c3c4nc(c(-c5ccc(OCCCCC[NH2+]Cc6ccc(NP(=O)(OCC)OCC)cc6)cc5)c5ccc([nH]5)c(-c5ccc(OCCCCC[NH2+]Cc6ccc(NP(=O)(OCC)OCC)cc6)cc5)c5nc(c(-c6ccc(OCCCCC[NH2+]Cc7ccc(NP(=O)(OCC)OCC)cc7)cc6)c6ccc3[nH]6)C=C5)C=C4)cc2)cc1)OCC. The number of aromatic amines is 2. The predicted octanol–water partition coefficient (Wildman–Crippen LogP) is 22.9. The van der Waals surface area contributed by atoms with Crippen molar-refractivity contribution in [2.45, 2.75) is 159 Å². The number of unbranched alkanes of at least 4 members (excludes halogenated alkanes) is 8. The van der Waals surface area contributed by atoms with E-state index in [1.54, 1.807) is 55.4 Å². The second kappa shape index (κ2) is 55.6. The Balaban J connectivity index is 0.741. The van der Waals surface area contributed by atoms with Gasteiger partial charge < -0.3 is 50.2 Å². The Hall–Kier alpha value is -10.8. The van der Waals surface area contributed by atoms with Crippen molar-refractivity contribution in [3.05, 3.63) is 263 Å². The van der Waals surface area contributed by atoms with E-state index in [1.165, 1.54) is 22.3 Å². The first-order chi connectivity index (χ1) is 68.4. The lowest BCUT2D eigenvalue weighted by Crippen LogP contribution is -2.82. The van der Waals surface area contributed by atoms with Gasteiger partial charge >= 0.3 is 31.0 Å². The molecular formula is C108H142N12O16P4+4. The molecular weight excluding hydrogens is 1850 g/mol. The number of quaternary nitrogens is 4. The van der Waals surface area contributed by atoms with Crippen LogP contribution in [0.5, 0.6) is 23.0 Å². The van der Waals surface area contributed by atoms with Crippen LogP contribution in [-0.4, -0.2) is 125 Å². The molecule has 2 aliphatic rings. The van der Waals surface area contributed by atoms with Crippen molar-refractivity contribution >= 4 is 100 Å². The van der Waals surface area contributed by atoms with Crippen LogP contribution in [0.1, 0.15) is 177 Å². The van der Waals surface area contributed by atoms with Gasteiger partial charge in [-0.1, -0.05) is 97.1 Å². The first-order valence-electron chi connectivity index (χ1n) is 49.8. The van der Waals surface area contributed by atoms with Gasteiger partial charge in [0.1, 0.15) is 49.2 Å². The highest BCUT2D eigenvalue weighted by Crippen LogP contribution is 2.52. The summed E-state index contributed by atoms with van der Waals surface area (Å²) in [6.45, 7) is 26.1. The fraction of sp³-hybridized carbons (Fsp3) is 0.370. The summed E-state index contributed by atoms with van der Waals surface area (Å²) >= 11 is 0. The maximum atomic E-state index is 13.1. The number of rotatable bonds is 64. The molecule has 0 atom stereocenters. The van der Waals surface area contributed by atoms with Crippen molar-refractivity contribution in [2.75, 3.05) is 126 Å². The molecule has 140 heavy (non-hydrogen) atoms. The third-order valence-electron chi connectivity index (χ3n) is 23.4. The van der Waals surface area contributed by atoms with E-state index in [0.717, 1.165) is 242 Å². The van der Waals surface area contributed by atoms with E-state index in [1.807, 2.05) is 97.1 Å². The van der Waals surface area contributed by atoms with Gasteiger partial charge in [-0.25, -0.2) is 28.2 Å². The number of H-pyrrole nitrogens is 2. The Kier molecular flexibility index (Phi) is 42.3. The second-order valence-corrected chi connectivity index (χ2v) is 40.9. The normalized spacial score (nSPS) is 12.2. The van der Waals surface area contributed by atoms with Crippen LogP contribution in [0.3, 0.4) is 0 Å². The molecule has 5 heterocycles. The van der Waals surface area contributed by atoms with E-state index in [9.17, 15) is 18.3 Å². The first-order valence-corrected chi connectivity index (χ1v) is 56.0. The van der Waals surface area contributed by atoms with Crippen LogP contribution in [0.25, 0.3) is 90.9 Å². The molecule has 0 aliphatic carbocycles. The third-order valence-corrected chi connectivity index (χ3v) is 30.3. The molecule has 0 radical (unpaired) electrons. The van der Waals surface area contributed by atoms with Crippen LogP contribution in [-0.2, 0) is 80.6 Å². The van der Waals surface area contributed by atoms with Gasteiger partial charge in [0.05, 0.1) is 128 Å². The zero-order valence-corrected chi connectivity index (χ0v) is 85.8. The van der Waals surface area contributed by atoms with Gasteiger partial charge in [-0.15, -0.1) is 0 Å². The third kappa shape index (κ3) is 32.6. The van der Waals surface area contributed by atoms with Crippen molar-refractivity contribution in [1.82, 2.24) is 19.9 Å². The van der Waals surface area contributed by atoms with Crippen molar-refractivity contribution < 1.29 is 94.7 Å². The van der Waals surface area contributed by atoms with Gasteiger partial charge in [0.2, 0.25) is 0 Å². The zero-order valence-electron chi connectivity index (χ0n) is 82.2. The highest BCUT2D eigenvalue weighted by Gasteiger charge is 2.29. The number of hydrogen-bond acceptors (Lipinski definition) is 18. The number of benzene rings is 8. The molecule has 8 aromatic carbocycles. The monoisotopic (exact) mass is 1990 g/mol. The van der Waals surface area contributed by atoms with Crippen LogP contribution >= 0.6 is 31.0 Å². The number of nitrogens with two attached hydrogens (primary N) is 4. The van der Waals surface area contributed by atoms with E-state index in [0.29, 0.717) is 49.2 Å². The lowest BCUT2D eigenvalue weighted by Gasteiger charge is -2.18. The molecule has 0 amide bonds. The highest BCUT2D eigenvalue weighted by molar-refractivity contribution is 7.56. The molecule has 746 valence electrons. The Morgan fingerprint density at radius 1 is 0.243 bits per heavy atom. The largest absolute Gasteiger partial charge is 0.494 e. The molecule has 11 aromatic rings. The lowest BCUT2D eigenvalue weighted by atomic mass is 10.0. The standard InChI is InChI=1S/C108H138N12O16P4/c1-9-129-137(121,130-10-2)117-89-45-29-81(30-46-89)77-109-69-21-17-25-73-125-93-53-37-85(38-54-93)105-97-61-63-99(113-97)106(86-39-55-94(56-40-86)126-74-26-18-22-70-110-78-82-31-47-90(48-32-82)118-138(122,131-11-3)132-12-4)101-65-67-103(115-101)108(88-43-59-96(60-44-88)128-76-28-20-24-72-112-80-84-35-51-92(52-36-84)120-140(124,135-15-7)136-16-8)104-68-66-102(116-104)107(100-64-62-98(105)114-100)87-41-57-95(58-42-87)127-75-27-19-23-71-111-79-83-33-49-91(50-34-83)119-139(123,133-13-5)134-14-6/h29-68,109-113,116H,9-28,69-80H2,1-8H3,(H,117,121)(H,118,122)(H,119,123)(H,120,124)/p+4. The molecule has 0 unspecified atom stereocenters. The quantitative estimate of drug-likeness (QED) is 0.0125. The van der Waals surface area contributed by atoms with Gasteiger partial charge in [-0.2, -0.15) is 0 Å². The Morgan fingerprint density at radius 3 is 0.621 bits per heavy atom. The smallest absolute Gasteiger partial charge is 0.432 e. The van der Waals surface area contributed by atoms with Crippen molar-refractivity contribution in [3.8, 4) is 67.5 Å². The van der Waals surface area contributed by atoms with Crippen molar-refractivity contribution in [1.29, 1.82) is 0 Å². The summed E-state index contributed by atoms with van der Waals surface area (Å²) in [6, 6.07) is 73.7. The zero-order chi connectivity index (χ0) is 98.0. The summed E-state index contributed by atoms with van der Waals surface area (Å²) in [6.07, 6.45) is 20.4. The Labute approximate surface area is 825 Å². The predicted molar refractivity (Wildman–Crippen MR) is 564 cm³/mol. The molecule has 2 aliphatic heterocycles. The summed E-state index contributed by atoms with van der Waals surface area (Å²) in [5, 5.41) is 21.1. The molecule has 0 saturated heterocycles. The molecule has 28 nitrogen and oxygen atoms in total. The Bertz CT molecular complexity index is 5350. The second-order valence-electron chi connectivity index (χ2n) is 33.9. The van der Waals surface area contributed by atoms with Crippen LogP contribution in [0.15, 0.2) is 218 Å². The van der Waals surface area contributed by atoms with Gasteiger partial charge in [0.15, 0.2) is 0 Å². The molecule has 3 aromatic heterocycles. The minimum Gasteiger partial charge on any atom is -0.494 e. The van der Waals surface area contributed by atoms with E-state index >= 15 is 0 Å². The number of aromatic nitrogens is 4. The van der Waals surface area contributed by atoms with E-state index in [-0.39, 0.29) is 52.9 Å². The van der Waals surface area contributed by atoms with Crippen molar-refractivity contribution in [2.24, 2.45) is 0 Å². The van der Waals surface area contributed by atoms with Gasteiger partial charge in [-0.05, 0) is 300 Å². The summed E-state index contributed by atoms with van der Waals surface area (Å²) in [5.41, 5.74) is 21.5. The van der Waals surface area contributed by atoms with Crippen LogP contribution in [0.2, 0.25) is 0 Å². The minimum atomic E-state index is -3.43. The molecule has 13 rings (SSSR count). The maximum absolute atomic E-state index is 13.1. The Morgan fingerprint density at radius 2 is 0.436 bits per heavy atom. The number of nitrogens with zero attached hydrogens (tertiary/aromatic N) is 2. The first kappa shape index (κ1) is 107. The molecule has 0 spiro atoms. The van der Waals surface area contributed by atoms with Crippen LogP contribution < -0.4 is 60.6 Å². The van der Waals surface area contributed by atoms with Gasteiger partial charge in [-0.3, -0.25) is 56.5 Å². The summed E-state index contributed by atoms with van der Waals surface area (Å²) < 4.78 is 122. The molecule has 0 saturated carbocycles. The van der Waals surface area contributed by atoms with E-state index < -0.39 is 31.0 Å². The summed E-state index contributed by atoms with van der Waals surface area (Å²) in [4.78, 5) is 19.3. The fourth-order valence-corrected chi connectivity index (χ4v) is 22.1. The number of ether oxygens (including phenoxy) is 4. The average molecular weight is 1990 g/mol. The van der Waals surface area contributed by atoms with E-state index in [4.69, 9.17) is 65.1 Å². The molecule has 0 fully saturated rings. The molecule has 14 N–H and O–H groups in total. The maximum Gasteiger partial charge on any atom is 0.432 e. The minimum absolute atomic E-state index is 0.276. The lowest BCUT2D eigenvalue weighted by molar-refractivity contribution is -0.671. The molecule has 32 heteroatoms. The van der Waals surface area contributed by atoms with Crippen molar-refractivity contribution in [3.63, 3.8) is 0 Å². The number of fused-ring (bicyclic) bond motifs is 8. The average Bonchev–Trinajstić information content (AvgIpc) is 1.61. The highest BCUT2D eigenvalue weighted by atomic mass is 31.2. The fourth-order valence-electron chi connectivity index (χ4n) is 16.7. The van der Waals surface area contributed by atoms with Gasteiger partial charge in [0, 0.05) is 89.3 Å². The summed E-state index contributed by atoms with van der Waals surface area (Å²) in [5.74, 6) is 3.13. The van der Waals surface area contributed by atoms with Gasteiger partial charge in [0.25, 0.3) is 0 Å². The van der Waals surface area contributed by atoms with E-state index in [2.05, 4.69) is 197 Å². The number of anilines is 4.